The Morgan fingerprint density at radius 1 is 1.18 bits per heavy atom. The number of hydrogen-bond acceptors (Lipinski definition) is 4. The van der Waals surface area contributed by atoms with E-state index in [1.54, 1.807) is 6.21 Å². The Morgan fingerprint density at radius 2 is 2.00 bits per heavy atom. The van der Waals surface area contributed by atoms with Crippen molar-refractivity contribution in [1.29, 1.82) is 0 Å². The lowest BCUT2D eigenvalue weighted by Gasteiger charge is -1.99. The highest BCUT2D eigenvalue weighted by Gasteiger charge is 2.03. The van der Waals surface area contributed by atoms with Gasteiger partial charge in [0.25, 0.3) is 0 Å². The second-order valence-corrected chi connectivity index (χ2v) is 6.59. The number of rotatable bonds is 4. The average molecular weight is 393 g/mol. The molecule has 0 saturated carbocycles. The molecular weight excluding hydrogens is 382 g/mol. The van der Waals surface area contributed by atoms with Crippen molar-refractivity contribution < 1.29 is 0 Å². The number of aromatic nitrogens is 1. The molecule has 0 amide bonds. The molecule has 1 aromatic heterocycles. The van der Waals surface area contributed by atoms with Gasteiger partial charge in [0, 0.05) is 26.0 Å². The van der Waals surface area contributed by atoms with E-state index >= 15 is 0 Å². The van der Waals surface area contributed by atoms with Crippen LogP contribution in [0.25, 0.3) is 11.3 Å². The number of thiazole rings is 1. The van der Waals surface area contributed by atoms with Gasteiger partial charge in [-0.15, -0.1) is 11.3 Å². The molecule has 0 unspecified atom stereocenters. The summed E-state index contributed by atoms with van der Waals surface area (Å²) in [5, 5.41) is 7.62. The fourth-order valence-electron chi connectivity index (χ4n) is 1.84. The Labute approximate surface area is 145 Å². The summed E-state index contributed by atoms with van der Waals surface area (Å²) in [6.45, 7) is 0. The van der Waals surface area contributed by atoms with Gasteiger partial charge in [-0.25, -0.2) is 4.98 Å². The van der Waals surface area contributed by atoms with Gasteiger partial charge in [0.2, 0.25) is 5.13 Å². The number of nitrogens with zero attached hydrogens (tertiary/aromatic N) is 2. The largest absolute Gasteiger partial charge is 0.253 e. The third-order valence-electron chi connectivity index (χ3n) is 2.90. The summed E-state index contributed by atoms with van der Waals surface area (Å²) < 4.78 is 0.937. The van der Waals surface area contributed by atoms with Gasteiger partial charge in [0.05, 0.1) is 11.9 Å². The summed E-state index contributed by atoms with van der Waals surface area (Å²) in [4.78, 5) is 4.51. The first kappa shape index (κ1) is 15.2. The first-order valence-electron chi connectivity index (χ1n) is 6.47. The summed E-state index contributed by atoms with van der Waals surface area (Å²) in [5.74, 6) is 0. The van der Waals surface area contributed by atoms with Crippen LogP contribution in [0.15, 0.2) is 63.5 Å². The van der Waals surface area contributed by atoms with E-state index in [-0.39, 0.29) is 0 Å². The number of hydrogen-bond donors (Lipinski definition) is 1. The third kappa shape index (κ3) is 3.74. The van der Waals surface area contributed by atoms with Gasteiger partial charge in [-0.05, 0) is 18.2 Å². The molecule has 0 fully saturated rings. The molecule has 0 aliphatic carbocycles. The molecule has 6 heteroatoms. The van der Waals surface area contributed by atoms with E-state index < -0.39 is 0 Å². The van der Waals surface area contributed by atoms with Crippen LogP contribution in [0.3, 0.4) is 0 Å². The Kier molecular flexibility index (Phi) is 4.87. The molecule has 2 aromatic carbocycles. The highest BCUT2D eigenvalue weighted by molar-refractivity contribution is 9.10. The van der Waals surface area contributed by atoms with Crippen LogP contribution in [0.1, 0.15) is 5.56 Å². The van der Waals surface area contributed by atoms with E-state index in [1.807, 2.05) is 53.9 Å². The minimum absolute atomic E-state index is 0.672. The van der Waals surface area contributed by atoms with Gasteiger partial charge in [-0.3, -0.25) is 5.43 Å². The Morgan fingerprint density at radius 3 is 2.82 bits per heavy atom. The minimum atomic E-state index is 0.672. The maximum Gasteiger partial charge on any atom is 0.203 e. The van der Waals surface area contributed by atoms with Crippen LogP contribution in [0.5, 0.6) is 0 Å². The van der Waals surface area contributed by atoms with Crippen LogP contribution in [-0.2, 0) is 0 Å². The van der Waals surface area contributed by atoms with Crippen molar-refractivity contribution in [2.75, 3.05) is 5.43 Å². The van der Waals surface area contributed by atoms with Crippen molar-refractivity contribution >= 4 is 50.2 Å². The lowest BCUT2D eigenvalue weighted by Crippen LogP contribution is -1.91. The number of benzene rings is 2. The molecule has 3 aromatic rings. The number of nitrogens with one attached hydrogen (secondary N) is 1. The zero-order valence-electron chi connectivity index (χ0n) is 11.3. The van der Waals surface area contributed by atoms with Crippen molar-refractivity contribution in [3.63, 3.8) is 0 Å². The zero-order chi connectivity index (χ0) is 15.4. The van der Waals surface area contributed by atoms with E-state index in [0.717, 1.165) is 26.4 Å². The summed E-state index contributed by atoms with van der Waals surface area (Å²) in [6.07, 6.45) is 1.71. The van der Waals surface area contributed by atoms with Crippen molar-refractivity contribution in [2.45, 2.75) is 0 Å². The standard InChI is InChI=1S/C16H11BrClN3S/c17-14-7-6-13(18)8-12(14)9-19-21-16-20-15(10-22-16)11-4-2-1-3-5-11/h1-10H,(H,20,21). The minimum Gasteiger partial charge on any atom is -0.253 e. The number of anilines is 1. The molecule has 3 nitrogen and oxygen atoms in total. The fraction of sp³-hybridized carbons (Fsp3) is 0. The average Bonchev–Trinajstić information content (AvgIpc) is 3.00. The SMILES string of the molecule is Clc1ccc(Br)c(C=NNc2nc(-c3ccccc3)cs2)c1. The van der Waals surface area contributed by atoms with E-state index in [9.17, 15) is 0 Å². The molecule has 1 heterocycles. The maximum absolute atomic E-state index is 5.97. The van der Waals surface area contributed by atoms with Crippen LogP contribution >= 0.6 is 38.9 Å². The predicted octanol–water partition coefficient (Wildman–Crippen LogP) is 5.67. The molecule has 0 radical (unpaired) electrons. The maximum atomic E-state index is 5.97. The van der Waals surface area contributed by atoms with Crippen molar-refractivity contribution in [3.05, 3.63) is 69.0 Å². The van der Waals surface area contributed by atoms with E-state index in [4.69, 9.17) is 11.6 Å². The molecule has 0 aliphatic heterocycles. The van der Waals surface area contributed by atoms with E-state index in [1.165, 1.54) is 11.3 Å². The monoisotopic (exact) mass is 391 g/mol. The number of halogens is 2. The Hall–Kier alpha value is -1.69. The summed E-state index contributed by atoms with van der Waals surface area (Å²) in [7, 11) is 0. The van der Waals surface area contributed by atoms with Crippen molar-refractivity contribution in [3.8, 4) is 11.3 Å². The molecule has 22 heavy (non-hydrogen) atoms. The van der Waals surface area contributed by atoms with Crippen LogP contribution < -0.4 is 5.43 Å². The molecule has 3 rings (SSSR count). The fourth-order valence-corrected chi connectivity index (χ4v) is 3.04. The van der Waals surface area contributed by atoms with E-state index in [0.29, 0.717) is 5.02 Å². The van der Waals surface area contributed by atoms with Crippen LogP contribution in [-0.4, -0.2) is 11.2 Å². The highest BCUT2D eigenvalue weighted by Crippen LogP contribution is 2.24. The molecular formula is C16H11BrClN3S. The first-order chi connectivity index (χ1) is 10.7. The quantitative estimate of drug-likeness (QED) is 0.458. The lowest BCUT2D eigenvalue weighted by atomic mass is 10.2. The van der Waals surface area contributed by atoms with Gasteiger partial charge in [-0.1, -0.05) is 57.9 Å². The second kappa shape index (κ2) is 7.05. The zero-order valence-corrected chi connectivity index (χ0v) is 14.5. The Bertz CT molecular complexity index is 802. The number of hydrazone groups is 1. The van der Waals surface area contributed by atoms with Crippen LogP contribution in [0, 0.1) is 0 Å². The van der Waals surface area contributed by atoms with Crippen LogP contribution in [0.4, 0.5) is 5.13 Å². The topological polar surface area (TPSA) is 37.3 Å². The van der Waals surface area contributed by atoms with Crippen molar-refractivity contribution in [1.82, 2.24) is 4.98 Å². The summed E-state index contributed by atoms with van der Waals surface area (Å²) >= 11 is 10.9. The Balaban J connectivity index is 1.71. The predicted molar refractivity (Wildman–Crippen MR) is 97.9 cm³/mol. The van der Waals surface area contributed by atoms with Gasteiger partial charge < -0.3 is 0 Å². The van der Waals surface area contributed by atoms with Gasteiger partial charge >= 0.3 is 0 Å². The van der Waals surface area contributed by atoms with Gasteiger partial charge in [0.15, 0.2) is 0 Å². The summed E-state index contributed by atoms with van der Waals surface area (Å²) in [6, 6.07) is 15.6. The first-order valence-corrected chi connectivity index (χ1v) is 8.52. The molecule has 0 spiro atoms. The molecule has 0 saturated heterocycles. The van der Waals surface area contributed by atoms with Crippen molar-refractivity contribution in [2.24, 2.45) is 5.10 Å². The molecule has 1 N–H and O–H groups in total. The van der Waals surface area contributed by atoms with Crippen LogP contribution in [0.2, 0.25) is 5.02 Å². The van der Waals surface area contributed by atoms with Gasteiger partial charge in [-0.2, -0.15) is 5.10 Å². The molecule has 0 bridgehead atoms. The summed E-state index contributed by atoms with van der Waals surface area (Å²) in [5.41, 5.74) is 5.87. The van der Waals surface area contributed by atoms with E-state index in [2.05, 4.69) is 31.4 Å². The molecule has 0 atom stereocenters. The second-order valence-electron chi connectivity index (χ2n) is 4.44. The molecule has 110 valence electrons. The normalized spacial score (nSPS) is 11.0. The highest BCUT2D eigenvalue weighted by atomic mass is 79.9. The van der Waals surface area contributed by atoms with Gasteiger partial charge in [0.1, 0.15) is 0 Å². The lowest BCUT2D eigenvalue weighted by molar-refractivity contribution is 1.29. The smallest absolute Gasteiger partial charge is 0.203 e. The molecule has 0 aliphatic rings. The third-order valence-corrected chi connectivity index (χ3v) is 4.60.